The van der Waals surface area contributed by atoms with Gasteiger partial charge in [0.1, 0.15) is 5.82 Å². The summed E-state index contributed by atoms with van der Waals surface area (Å²) in [6, 6.07) is 9.18. The number of nitrogens with zero attached hydrogens (tertiary/aromatic N) is 4. The number of anilines is 2. The smallest absolute Gasteiger partial charge is 0.227 e. The van der Waals surface area contributed by atoms with Crippen molar-refractivity contribution in [3.63, 3.8) is 0 Å². The first kappa shape index (κ1) is 19.0. The summed E-state index contributed by atoms with van der Waals surface area (Å²) in [7, 11) is 0. The molecule has 26 heavy (non-hydrogen) atoms. The van der Waals surface area contributed by atoms with Crippen LogP contribution < -0.4 is 9.80 Å². The van der Waals surface area contributed by atoms with Crippen molar-refractivity contribution in [3.05, 3.63) is 46.6 Å². The molecule has 1 aromatic heterocycles. The monoisotopic (exact) mass is 372 g/mol. The van der Waals surface area contributed by atoms with E-state index in [2.05, 4.69) is 54.8 Å². The quantitative estimate of drug-likeness (QED) is 0.769. The standard InChI is InChI=1S/C21H28N4.ClH/c1-15-16(2)22-21(24-12-7-4-8-13-24)23-20(15)25-14-11-18-9-5-6-10-19(18)17(25)3;/h5-6,9-10,17H,4,7-8,11-14H2,1-3H3;1H. The molecular formula is C21H29ClN4. The van der Waals surface area contributed by atoms with E-state index in [0.29, 0.717) is 6.04 Å². The Balaban J connectivity index is 0.00000196. The van der Waals surface area contributed by atoms with E-state index in [-0.39, 0.29) is 12.4 Å². The first-order valence-corrected chi connectivity index (χ1v) is 9.60. The molecule has 2 aliphatic heterocycles. The number of piperidine rings is 1. The SMILES string of the molecule is Cc1nc(N2CCCCC2)nc(N2CCc3ccccc3C2C)c1C.Cl. The number of halogens is 1. The highest BCUT2D eigenvalue weighted by Gasteiger charge is 2.27. The average molecular weight is 373 g/mol. The third-order valence-corrected chi connectivity index (χ3v) is 5.86. The molecule has 0 spiro atoms. The Bertz CT molecular complexity index is 771. The summed E-state index contributed by atoms with van der Waals surface area (Å²) in [5.41, 5.74) is 5.23. The fraction of sp³-hybridized carbons (Fsp3) is 0.524. The van der Waals surface area contributed by atoms with Gasteiger partial charge in [0, 0.05) is 30.9 Å². The van der Waals surface area contributed by atoms with Crippen LogP contribution in [0.5, 0.6) is 0 Å². The van der Waals surface area contributed by atoms with E-state index in [1.54, 1.807) is 0 Å². The van der Waals surface area contributed by atoms with Crippen LogP contribution in [0.1, 0.15) is 54.6 Å². The molecule has 0 amide bonds. The van der Waals surface area contributed by atoms with Crippen LogP contribution in [0.2, 0.25) is 0 Å². The lowest BCUT2D eigenvalue weighted by Gasteiger charge is -2.38. The molecule has 1 fully saturated rings. The average Bonchev–Trinajstić information content (AvgIpc) is 2.65. The minimum absolute atomic E-state index is 0. The molecule has 2 aliphatic rings. The first-order chi connectivity index (χ1) is 12.1. The maximum atomic E-state index is 5.04. The molecule has 1 aromatic carbocycles. The van der Waals surface area contributed by atoms with Crippen molar-refractivity contribution in [2.45, 2.75) is 52.5 Å². The van der Waals surface area contributed by atoms with Crippen LogP contribution in [0.25, 0.3) is 0 Å². The summed E-state index contributed by atoms with van der Waals surface area (Å²) >= 11 is 0. The van der Waals surface area contributed by atoms with Crippen LogP contribution in [0.3, 0.4) is 0 Å². The zero-order valence-electron chi connectivity index (χ0n) is 16.0. The largest absolute Gasteiger partial charge is 0.349 e. The fourth-order valence-corrected chi connectivity index (χ4v) is 4.18. The molecule has 4 rings (SSSR count). The lowest BCUT2D eigenvalue weighted by Crippen LogP contribution is -2.36. The molecule has 0 aliphatic carbocycles. The van der Waals surface area contributed by atoms with Crippen LogP contribution >= 0.6 is 12.4 Å². The normalized spacial score (nSPS) is 19.7. The van der Waals surface area contributed by atoms with Crippen molar-refractivity contribution in [3.8, 4) is 0 Å². The number of fused-ring (bicyclic) bond motifs is 1. The Labute approximate surface area is 163 Å². The molecule has 1 unspecified atom stereocenters. The second kappa shape index (κ2) is 7.83. The maximum absolute atomic E-state index is 5.04. The Morgan fingerprint density at radius 3 is 2.46 bits per heavy atom. The Morgan fingerprint density at radius 1 is 0.962 bits per heavy atom. The second-order valence-corrected chi connectivity index (χ2v) is 7.42. The van der Waals surface area contributed by atoms with E-state index in [0.717, 1.165) is 43.5 Å². The summed E-state index contributed by atoms with van der Waals surface area (Å²) in [4.78, 5) is 14.7. The van der Waals surface area contributed by atoms with Crippen molar-refractivity contribution >= 4 is 24.2 Å². The Morgan fingerprint density at radius 2 is 1.69 bits per heavy atom. The van der Waals surface area contributed by atoms with E-state index >= 15 is 0 Å². The van der Waals surface area contributed by atoms with Gasteiger partial charge in [0.05, 0.1) is 6.04 Å². The Kier molecular flexibility index (Phi) is 5.71. The first-order valence-electron chi connectivity index (χ1n) is 9.60. The van der Waals surface area contributed by atoms with Crippen molar-refractivity contribution in [2.75, 3.05) is 29.4 Å². The molecule has 4 nitrogen and oxygen atoms in total. The molecule has 3 heterocycles. The van der Waals surface area contributed by atoms with Gasteiger partial charge in [0.25, 0.3) is 0 Å². The van der Waals surface area contributed by atoms with Crippen molar-refractivity contribution in [1.29, 1.82) is 0 Å². The van der Waals surface area contributed by atoms with Gasteiger partial charge in [0.15, 0.2) is 0 Å². The number of hydrogen-bond acceptors (Lipinski definition) is 4. The number of rotatable bonds is 2. The van der Waals surface area contributed by atoms with Crippen LogP contribution in [0, 0.1) is 13.8 Å². The highest BCUT2D eigenvalue weighted by atomic mass is 35.5. The molecule has 5 heteroatoms. The van der Waals surface area contributed by atoms with E-state index < -0.39 is 0 Å². The molecule has 140 valence electrons. The highest BCUT2D eigenvalue weighted by Crippen LogP contribution is 2.35. The van der Waals surface area contributed by atoms with E-state index in [1.807, 2.05) is 0 Å². The fourth-order valence-electron chi connectivity index (χ4n) is 4.18. The van der Waals surface area contributed by atoms with Crippen LogP contribution in [-0.2, 0) is 6.42 Å². The highest BCUT2D eigenvalue weighted by molar-refractivity contribution is 5.85. The van der Waals surface area contributed by atoms with Gasteiger partial charge >= 0.3 is 0 Å². The van der Waals surface area contributed by atoms with Gasteiger partial charge in [-0.15, -0.1) is 12.4 Å². The summed E-state index contributed by atoms with van der Waals surface area (Å²) in [6.07, 6.45) is 4.91. The summed E-state index contributed by atoms with van der Waals surface area (Å²) in [5.74, 6) is 2.04. The Hall–Kier alpha value is -1.81. The van der Waals surface area contributed by atoms with Gasteiger partial charge in [-0.1, -0.05) is 24.3 Å². The van der Waals surface area contributed by atoms with Crippen LogP contribution in [0.15, 0.2) is 24.3 Å². The van der Waals surface area contributed by atoms with Gasteiger partial charge in [-0.25, -0.2) is 4.98 Å². The third kappa shape index (κ3) is 3.39. The molecule has 0 N–H and O–H groups in total. The molecule has 0 radical (unpaired) electrons. The number of aromatic nitrogens is 2. The lowest BCUT2D eigenvalue weighted by molar-refractivity contribution is 0.564. The number of hydrogen-bond donors (Lipinski definition) is 0. The van der Waals surface area contributed by atoms with Crippen molar-refractivity contribution in [1.82, 2.24) is 9.97 Å². The van der Waals surface area contributed by atoms with Crippen LogP contribution in [0.4, 0.5) is 11.8 Å². The number of aryl methyl sites for hydroxylation is 1. The predicted octanol–water partition coefficient (Wildman–Crippen LogP) is 4.63. The van der Waals surface area contributed by atoms with Gasteiger partial charge in [-0.2, -0.15) is 4.98 Å². The molecule has 1 saturated heterocycles. The topological polar surface area (TPSA) is 32.3 Å². The zero-order valence-corrected chi connectivity index (χ0v) is 16.9. The van der Waals surface area contributed by atoms with Gasteiger partial charge in [0.2, 0.25) is 5.95 Å². The van der Waals surface area contributed by atoms with Crippen LogP contribution in [-0.4, -0.2) is 29.6 Å². The minimum atomic E-state index is 0. The van der Waals surface area contributed by atoms with E-state index in [9.17, 15) is 0 Å². The van der Waals surface area contributed by atoms with Gasteiger partial charge < -0.3 is 9.80 Å². The van der Waals surface area contributed by atoms with Crippen molar-refractivity contribution < 1.29 is 0 Å². The van der Waals surface area contributed by atoms with Crippen molar-refractivity contribution in [2.24, 2.45) is 0 Å². The van der Waals surface area contributed by atoms with Gasteiger partial charge in [-0.3, -0.25) is 0 Å². The summed E-state index contributed by atoms with van der Waals surface area (Å²) in [6.45, 7) is 9.78. The summed E-state index contributed by atoms with van der Waals surface area (Å²) < 4.78 is 0. The molecule has 0 saturated carbocycles. The van der Waals surface area contributed by atoms with Gasteiger partial charge in [-0.05, 0) is 57.6 Å². The van der Waals surface area contributed by atoms with E-state index in [4.69, 9.17) is 9.97 Å². The number of benzene rings is 1. The molecule has 1 atom stereocenters. The zero-order chi connectivity index (χ0) is 17.4. The third-order valence-electron chi connectivity index (χ3n) is 5.86. The predicted molar refractivity (Wildman–Crippen MR) is 111 cm³/mol. The van der Waals surface area contributed by atoms with E-state index in [1.165, 1.54) is 36.0 Å². The second-order valence-electron chi connectivity index (χ2n) is 7.42. The lowest BCUT2D eigenvalue weighted by atomic mass is 9.93. The molecule has 0 bridgehead atoms. The maximum Gasteiger partial charge on any atom is 0.227 e. The molecular weight excluding hydrogens is 344 g/mol. The summed E-state index contributed by atoms with van der Waals surface area (Å²) in [5, 5.41) is 0. The minimum Gasteiger partial charge on any atom is -0.349 e. The molecule has 2 aromatic rings.